The fraction of sp³-hybridized carbons (Fsp3) is 0.550. The average molecular weight is 425 g/mol. The van der Waals surface area contributed by atoms with Gasteiger partial charge >= 0.3 is 6.03 Å². The van der Waals surface area contributed by atoms with Crippen molar-refractivity contribution in [2.75, 3.05) is 26.7 Å². The van der Waals surface area contributed by atoms with Gasteiger partial charge in [0.25, 0.3) is 5.91 Å². The van der Waals surface area contributed by atoms with Crippen molar-refractivity contribution in [2.24, 2.45) is 11.7 Å². The number of amides is 4. The highest BCUT2D eigenvalue weighted by atomic mass is 35.5. The van der Waals surface area contributed by atoms with Crippen LogP contribution in [0.25, 0.3) is 0 Å². The Bertz CT molecular complexity index is 762. The van der Waals surface area contributed by atoms with Gasteiger partial charge in [-0.3, -0.25) is 14.5 Å². The molecule has 0 aliphatic carbocycles. The Labute approximate surface area is 177 Å². The molecular formula is C20H29ClN4O4. The van der Waals surface area contributed by atoms with E-state index in [0.29, 0.717) is 30.3 Å². The van der Waals surface area contributed by atoms with Crippen LogP contribution in [0.2, 0.25) is 0 Å². The second-order valence-electron chi connectivity index (χ2n) is 7.75. The number of likely N-dealkylation sites (tertiary alicyclic amines) is 1. The molecular weight excluding hydrogens is 396 g/mol. The molecule has 0 spiro atoms. The molecule has 4 amide bonds. The fourth-order valence-electron chi connectivity index (χ4n) is 3.87. The van der Waals surface area contributed by atoms with Crippen molar-refractivity contribution >= 4 is 30.3 Å². The third-order valence-electron chi connectivity index (χ3n) is 5.87. The van der Waals surface area contributed by atoms with Crippen LogP contribution in [0.3, 0.4) is 0 Å². The molecule has 3 rings (SSSR count). The molecule has 8 nitrogen and oxygen atoms in total. The third-order valence-corrected chi connectivity index (χ3v) is 5.87. The van der Waals surface area contributed by atoms with E-state index in [-0.39, 0.29) is 30.9 Å². The molecule has 1 aromatic rings. The molecule has 2 fully saturated rings. The molecule has 0 saturated carbocycles. The summed E-state index contributed by atoms with van der Waals surface area (Å²) in [5.41, 5.74) is 5.38. The highest BCUT2D eigenvalue weighted by Crippen LogP contribution is 2.30. The Balaban J connectivity index is 0.00000300. The maximum atomic E-state index is 13.0. The number of nitrogens with zero attached hydrogens (tertiary/aromatic N) is 2. The van der Waals surface area contributed by atoms with Gasteiger partial charge in [-0.15, -0.1) is 12.4 Å². The molecule has 2 heterocycles. The number of carbonyl (C=O) groups is 3. The van der Waals surface area contributed by atoms with Crippen LogP contribution < -0.4 is 15.8 Å². The van der Waals surface area contributed by atoms with E-state index in [1.165, 1.54) is 0 Å². The Morgan fingerprint density at radius 3 is 2.38 bits per heavy atom. The van der Waals surface area contributed by atoms with Gasteiger partial charge in [0.15, 0.2) is 0 Å². The van der Waals surface area contributed by atoms with E-state index in [0.717, 1.165) is 17.7 Å². The minimum Gasteiger partial charge on any atom is -0.497 e. The first-order valence-electron chi connectivity index (χ1n) is 9.58. The number of nitrogens with one attached hydrogen (secondary N) is 1. The maximum absolute atomic E-state index is 13.0. The molecule has 2 atom stereocenters. The summed E-state index contributed by atoms with van der Waals surface area (Å²) < 4.78 is 5.14. The van der Waals surface area contributed by atoms with Gasteiger partial charge in [-0.1, -0.05) is 12.1 Å². The first kappa shape index (κ1) is 23.0. The molecule has 29 heavy (non-hydrogen) atoms. The Hall–Kier alpha value is -2.32. The SMILES string of the molecule is COc1ccc(C2(C)NC(=O)N(CC(=O)N3CCC(C(C)N)CC3)C2=O)cc1.Cl. The number of piperidine rings is 1. The Morgan fingerprint density at radius 2 is 1.86 bits per heavy atom. The number of hydrogen-bond donors (Lipinski definition) is 2. The molecule has 2 unspecified atom stereocenters. The van der Waals surface area contributed by atoms with Gasteiger partial charge in [0, 0.05) is 19.1 Å². The third kappa shape index (κ3) is 4.48. The molecule has 2 aliphatic rings. The number of benzene rings is 1. The van der Waals surface area contributed by atoms with Crippen molar-refractivity contribution in [3.8, 4) is 5.75 Å². The predicted octanol–water partition coefficient (Wildman–Crippen LogP) is 1.47. The predicted molar refractivity (Wildman–Crippen MR) is 111 cm³/mol. The number of imide groups is 1. The molecule has 1 aromatic carbocycles. The normalized spacial score (nSPS) is 23.4. The number of rotatable bonds is 5. The second kappa shape index (κ2) is 9.00. The van der Waals surface area contributed by atoms with Crippen LogP contribution in [0.15, 0.2) is 24.3 Å². The number of nitrogens with two attached hydrogens (primary N) is 1. The zero-order valence-corrected chi connectivity index (χ0v) is 17.8. The molecule has 2 aliphatic heterocycles. The first-order chi connectivity index (χ1) is 13.3. The number of ether oxygens (including phenoxy) is 1. The van der Waals surface area contributed by atoms with E-state index in [2.05, 4.69) is 5.32 Å². The molecule has 3 N–H and O–H groups in total. The second-order valence-corrected chi connectivity index (χ2v) is 7.75. The van der Waals surface area contributed by atoms with Crippen LogP contribution in [0.4, 0.5) is 4.79 Å². The summed E-state index contributed by atoms with van der Waals surface area (Å²) >= 11 is 0. The highest BCUT2D eigenvalue weighted by molar-refractivity contribution is 6.09. The summed E-state index contributed by atoms with van der Waals surface area (Å²) in [6.07, 6.45) is 1.68. The van der Waals surface area contributed by atoms with Gasteiger partial charge in [0.2, 0.25) is 5.91 Å². The van der Waals surface area contributed by atoms with Gasteiger partial charge in [-0.25, -0.2) is 4.79 Å². The lowest BCUT2D eigenvalue weighted by atomic mass is 9.91. The Kier molecular flexibility index (Phi) is 7.13. The number of halogens is 1. The molecule has 9 heteroatoms. The van der Waals surface area contributed by atoms with Crippen LogP contribution in [0, 0.1) is 5.92 Å². The van der Waals surface area contributed by atoms with Crippen molar-refractivity contribution in [1.82, 2.24) is 15.1 Å². The van der Waals surface area contributed by atoms with E-state index < -0.39 is 17.5 Å². The topological polar surface area (TPSA) is 105 Å². The van der Waals surface area contributed by atoms with Gasteiger partial charge in [0.1, 0.15) is 17.8 Å². The van der Waals surface area contributed by atoms with E-state index in [4.69, 9.17) is 10.5 Å². The van der Waals surface area contributed by atoms with Crippen LogP contribution in [-0.4, -0.2) is 60.4 Å². The maximum Gasteiger partial charge on any atom is 0.325 e. The minimum atomic E-state index is -1.20. The number of methoxy groups -OCH3 is 1. The van der Waals surface area contributed by atoms with Gasteiger partial charge < -0.3 is 20.7 Å². The Morgan fingerprint density at radius 1 is 1.28 bits per heavy atom. The van der Waals surface area contributed by atoms with Crippen LogP contribution >= 0.6 is 12.4 Å². The zero-order chi connectivity index (χ0) is 20.5. The van der Waals surface area contributed by atoms with Crippen molar-refractivity contribution in [3.63, 3.8) is 0 Å². The van der Waals surface area contributed by atoms with Crippen molar-refractivity contribution in [1.29, 1.82) is 0 Å². The molecule has 2 saturated heterocycles. The summed E-state index contributed by atoms with van der Waals surface area (Å²) in [4.78, 5) is 40.8. The van der Waals surface area contributed by atoms with Crippen LogP contribution in [-0.2, 0) is 15.1 Å². The van der Waals surface area contributed by atoms with Crippen molar-refractivity contribution in [3.05, 3.63) is 29.8 Å². The van der Waals surface area contributed by atoms with Gasteiger partial charge in [-0.2, -0.15) is 0 Å². The van der Waals surface area contributed by atoms with Crippen molar-refractivity contribution in [2.45, 2.75) is 38.3 Å². The summed E-state index contributed by atoms with van der Waals surface area (Å²) in [6, 6.07) is 6.49. The summed E-state index contributed by atoms with van der Waals surface area (Å²) in [5, 5.41) is 2.72. The zero-order valence-electron chi connectivity index (χ0n) is 17.0. The van der Waals surface area contributed by atoms with Crippen LogP contribution in [0.1, 0.15) is 32.3 Å². The average Bonchev–Trinajstić information content (AvgIpc) is 2.92. The van der Waals surface area contributed by atoms with Gasteiger partial charge in [0.05, 0.1) is 7.11 Å². The lowest BCUT2D eigenvalue weighted by Gasteiger charge is -2.34. The van der Waals surface area contributed by atoms with Gasteiger partial charge in [-0.05, 0) is 50.3 Å². The molecule has 0 aromatic heterocycles. The summed E-state index contributed by atoms with van der Waals surface area (Å²) in [6.45, 7) is 4.58. The van der Waals surface area contributed by atoms with Crippen LogP contribution in [0.5, 0.6) is 5.75 Å². The minimum absolute atomic E-state index is 0. The van der Waals surface area contributed by atoms with E-state index in [1.54, 1.807) is 43.2 Å². The molecule has 0 bridgehead atoms. The lowest BCUT2D eigenvalue weighted by molar-refractivity contribution is -0.139. The highest BCUT2D eigenvalue weighted by Gasteiger charge is 2.49. The summed E-state index contributed by atoms with van der Waals surface area (Å²) in [7, 11) is 1.56. The lowest BCUT2D eigenvalue weighted by Crippen LogP contribution is -2.48. The summed E-state index contributed by atoms with van der Waals surface area (Å²) in [5.74, 6) is 0.414. The van der Waals surface area contributed by atoms with Crippen molar-refractivity contribution < 1.29 is 19.1 Å². The number of urea groups is 1. The number of hydrogen-bond acceptors (Lipinski definition) is 5. The van der Waals surface area contributed by atoms with E-state index in [9.17, 15) is 14.4 Å². The largest absolute Gasteiger partial charge is 0.497 e. The first-order valence-corrected chi connectivity index (χ1v) is 9.58. The fourth-order valence-corrected chi connectivity index (χ4v) is 3.87. The molecule has 0 radical (unpaired) electrons. The quantitative estimate of drug-likeness (QED) is 0.696. The number of carbonyl (C=O) groups excluding carboxylic acids is 3. The smallest absolute Gasteiger partial charge is 0.325 e. The monoisotopic (exact) mass is 424 g/mol. The standard InChI is InChI=1S/C20H28N4O4.ClH/c1-13(21)14-8-10-23(11-9-14)17(25)12-24-18(26)20(2,22-19(24)27)15-4-6-16(28-3)7-5-15;/h4-7,13-14H,8-12,21H2,1-3H3,(H,22,27);1H. The molecule has 160 valence electrons. The van der Waals surface area contributed by atoms with E-state index in [1.807, 2.05) is 6.92 Å². The van der Waals surface area contributed by atoms with E-state index >= 15 is 0 Å².